The van der Waals surface area contributed by atoms with E-state index in [4.69, 9.17) is 20.9 Å². The van der Waals surface area contributed by atoms with Gasteiger partial charge in [0.15, 0.2) is 0 Å². The second-order valence-electron chi connectivity index (χ2n) is 4.03. The number of aromatic nitrogens is 2. The number of hydrogen-bond acceptors (Lipinski definition) is 5. The van der Waals surface area contributed by atoms with Gasteiger partial charge in [-0.2, -0.15) is 4.98 Å². The molecule has 2 rings (SSSR count). The fraction of sp³-hybridized carbons (Fsp3) is 0.385. The van der Waals surface area contributed by atoms with Crippen LogP contribution in [0.15, 0.2) is 28.8 Å². The SMILES string of the molecule is CCOCCN(C)c1nc(-c2cccc(Cl)c2)no1. The first-order valence-electron chi connectivity index (χ1n) is 6.09. The minimum absolute atomic E-state index is 0.467. The first-order chi connectivity index (χ1) is 9.20. The molecule has 0 aliphatic rings. The minimum Gasteiger partial charge on any atom is -0.380 e. The van der Waals surface area contributed by atoms with Crippen molar-refractivity contribution < 1.29 is 9.26 Å². The summed E-state index contributed by atoms with van der Waals surface area (Å²) in [5.74, 6) is 0.528. The van der Waals surface area contributed by atoms with E-state index in [-0.39, 0.29) is 0 Å². The first-order valence-corrected chi connectivity index (χ1v) is 6.47. The van der Waals surface area contributed by atoms with Gasteiger partial charge in [0.05, 0.1) is 6.61 Å². The molecule has 1 heterocycles. The molecule has 1 aromatic carbocycles. The molecule has 0 unspecified atom stereocenters. The molecule has 0 saturated carbocycles. The number of likely N-dealkylation sites (N-methyl/N-ethyl adjacent to an activating group) is 1. The highest BCUT2D eigenvalue weighted by Gasteiger charge is 2.12. The molecule has 0 bridgehead atoms. The fourth-order valence-corrected chi connectivity index (χ4v) is 1.75. The van der Waals surface area contributed by atoms with Crippen molar-refractivity contribution in [3.63, 3.8) is 0 Å². The lowest BCUT2D eigenvalue weighted by Crippen LogP contribution is -2.22. The van der Waals surface area contributed by atoms with Crippen LogP contribution >= 0.6 is 11.6 Å². The lowest BCUT2D eigenvalue weighted by atomic mass is 10.2. The fourth-order valence-electron chi connectivity index (χ4n) is 1.56. The van der Waals surface area contributed by atoms with Crippen molar-refractivity contribution in [3.05, 3.63) is 29.3 Å². The summed E-state index contributed by atoms with van der Waals surface area (Å²) in [6, 6.07) is 7.82. The van der Waals surface area contributed by atoms with E-state index in [1.54, 1.807) is 12.1 Å². The Labute approximate surface area is 117 Å². The smallest absolute Gasteiger partial charge is 0.324 e. The van der Waals surface area contributed by atoms with E-state index in [0.29, 0.717) is 36.6 Å². The lowest BCUT2D eigenvalue weighted by Gasteiger charge is -2.12. The summed E-state index contributed by atoms with van der Waals surface area (Å²) in [7, 11) is 1.88. The van der Waals surface area contributed by atoms with Crippen molar-refractivity contribution in [1.82, 2.24) is 10.1 Å². The molecule has 0 aliphatic heterocycles. The number of anilines is 1. The van der Waals surface area contributed by atoms with Gasteiger partial charge in [-0.1, -0.05) is 28.9 Å². The van der Waals surface area contributed by atoms with Crippen LogP contribution in [0.2, 0.25) is 5.02 Å². The summed E-state index contributed by atoms with van der Waals surface area (Å²) in [4.78, 5) is 6.19. The zero-order valence-electron chi connectivity index (χ0n) is 11.0. The van der Waals surface area contributed by atoms with Gasteiger partial charge in [-0.05, 0) is 19.1 Å². The van der Waals surface area contributed by atoms with Gasteiger partial charge in [0, 0.05) is 30.8 Å². The summed E-state index contributed by atoms with van der Waals surface area (Å²) >= 11 is 5.94. The Hall–Kier alpha value is -1.59. The third-order valence-corrected chi connectivity index (χ3v) is 2.83. The maximum Gasteiger partial charge on any atom is 0.324 e. The molecule has 2 aromatic rings. The maximum atomic E-state index is 5.94. The van der Waals surface area contributed by atoms with Crippen molar-refractivity contribution in [2.24, 2.45) is 0 Å². The Morgan fingerprint density at radius 1 is 1.42 bits per heavy atom. The number of rotatable bonds is 6. The molecular weight excluding hydrogens is 266 g/mol. The molecule has 102 valence electrons. The number of nitrogens with zero attached hydrogens (tertiary/aromatic N) is 3. The third-order valence-electron chi connectivity index (χ3n) is 2.60. The van der Waals surface area contributed by atoms with Crippen LogP contribution in [0.25, 0.3) is 11.4 Å². The molecule has 6 heteroatoms. The molecule has 0 aliphatic carbocycles. The molecule has 0 atom stereocenters. The Morgan fingerprint density at radius 2 is 2.26 bits per heavy atom. The van der Waals surface area contributed by atoms with Gasteiger partial charge < -0.3 is 14.2 Å². The Kier molecular flexibility index (Phi) is 4.76. The average Bonchev–Trinajstić information content (AvgIpc) is 2.88. The largest absolute Gasteiger partial charge is 0.380 e. The monoisotopic (exact) mass is 281 g/mol. The standard InChI is InChI=1S/C13H16ClN3O2/c1-3-18-8-7-17(2)13-15-12(16-19-13)10-5-4-6-11(14)9-10/h4-6,9H,3,7-8H2,1-2H3. The van der Waals surface area contributed by atoms with Crippen LogP contribution in [0.5, 0.6) is 0 Å². The Bertz CT molecular complexity index is 530. The average molecular weight is 282 g/mol. The van der Waals surface area contributed by atoms with Crippen molar-refractivity contribution in [1.29, 1.82) is 0 Å². The molecule has 0 spiro atoms. The van der Waals surface area contributed by atoms with Crippen LogP contribution in [0.1, 0.15) is 6.92 Å². The number of ether oxygens (including phenoxy) is 1. The zero-order valence-corrected chi connectivity index (χ0v) is 11.7. The van der Waals surface area contributed by atoms with E-state index in [2.05, 4.69) is 10.1 Å². The van der Waals surface area contributed by atoms with Gasteiger partial charge in [0.25, 0.3) is 0 Å². The summed E-state index contributed by atoms with van der Waals surface area (Å²) in [6.45, 7) is 3.99. The predicted molar refractivity (Wildman–Crippen MR) is 74.5 cm³/mol. The van der Waals surface area contributed by atoms with Gasteiger partial charge in [0.2, 0.25) is 5.82 Å². The van der Waals surface area contributed by atoms with Crippen molar-refractivity contribution in [2.45, 2.75) is 6.92 Å². The van der Waals surface area contributed by atoms with E-state index in [1.807, 2.05) is 31.0 Å². The molecule has 0 fully saturated rings. The lowest BCUT2D eigenvalue weighted by molar-refractivity contribution is 0.153. The van der Waals surface area contributed by atoms with Crippen LogP contribution < -0.4 is 4.90 Å². The minimum atomic E-state index is 0.467. The van der Waals surface area contributed by atoms with Crippen LogP contribution in [0.4, 0.5) is 6.01 Å². The van der Waals surface area contributed by atoms with Gasteiger partial charge in [-0.15, -0.1) is 0 Å². The van der Waals surface area contributed by atoms with Crippen molar-refractivity contribution in [3.8, 4) is 11.4 Å². The van der Waals surface area contributed by atoms with Crippen LogP contribution in [-0.4, -0.2) is 36.9 Å². The second-order valence-corrected chi connectivity index (χ2v) is 4.47. The molecule has 0 saturated heterocycles. The zero-order chi connectivity index (χ0) is 13.7. The Balaban J connectivity index is 2.06. The topological polar surface area (TPSA) is 51.4 Å². The van der Waals surface area contributed by atoms with E-state index >= 15 is 0 Å². The summed E-state index contributed by atoms with van der Waals surface area (Å²) in [5.41, 5.74) is 0.834. The summed E-state index contributed by atoms with van der Waals surface area (Å²) < 4.78 is 10.5. The third kappa shape index (κ3) is 3.68. The highest BCUT2D eigenvalue weighted by atomic mass is 35.5. The van der Waals surface area contributed by atoms with Crippen LogP contribution in [0.3, 0.4) is 0 Å². The van der Waals surface area contributed by atoms with E-state index < -0.39 is 0 Å². The number of halogens is 1. The number of benzene rings is 1. The molecular formula is C13H16ClN3O2. The second kappa shape index (κ2) is 6.54. The summed E-state index contributed by atoms with van der Waals surface area (Å²) in [5, 5.41) is 4.60. The van der Waals surface area contributed by atoms with Gasteiger partial charge in [-0.25, -0.2) is 0 Å². The van der Waals surface area contributed by atoms with Crippen LogP contribution in [0, 0.1) is 0 Å². The molecule has 0 N–H and O–H groups in total. The van der Waals surface area contributed by atoms with Gasteiger partial charge in [-0.3, -0.25) is 0 Å². The molecule has 1 aromatic heterocycles. The van der Waals surface area contributed by atoms with E-state index in [9.17, 15) is 0 Å². The number of hydrogen-bond donors (Lipinski definition) is 0. The van der Waals surface area contributed by atoms with Crippen LogP contribution in [-0.2, 0) is 4.74 Å². The first kappa shape index (κ1) is 13.8. The van der Waals surface area contributed by atoms with Gasteiger partial charge >= 0.3 is 6.01 Å². The maximum absolute atomic E-state index is 5.94. The van der Waals surface area contributed by atoms with Crippen molar-refractivity contribution >= 4 is 17.6 Å². The predicted octanol–water partition coefficient (Wildman–Crippen LogP) is 2.86. The van der Waals surface area contributed by atoms with Crippen molar-refractivity contribution in [2.75, 3.05) is 31.7 Å². The summed E-state index contributed by atoms with van der Waals surface area (Å²) in [6.07, 6.45) is 0. The quantitative estimate of drug-likeness (QED) is 0.762. The van der Waals surface area contributed by atoms with E-state index in [0.717, 1.165) is 5.56 Å². The van der Waals surface area contributed by atoms with Gasteiger partial charge in [0.1, 0.15) is 0 Å². The highest BCUT2D eigenvalue weighted by Crippen LogP contribution is 2.22. The molecule has 19 heavy (non-hydrogen) atoms. The molecule has 5 nitrogen and oxygen atoms in total. The van der Waals surface area contributed by atoms with E-state index in [1.165, 1.54) is 0 Å². The Morgan fingerprint density at radius 3 is 3.00 bits per heavy atom. The molecule has 0 radical (unpaired) electrons. The molecule has 0 amide bonds. The highest BCUT2D eigenvalue weighted by molar-refractivity contribution is 6.30. The normalized spacial score (nSPS) is 10.7.